The molecule has 2 amide bonds. The maximum absolute atomic E-state index is 12.5. The second kappa shape index (κ2) is 11.5. The van der Waals surface area contributed by atoms with Crippen molar-refractivity contribution in [1.29, 1.82) is 0 Å². The summed E-state index contributed by atoms with van der Waals surface area (Å²) in [4.78, 5) is 28.4. The minimum absolute atomic E-state index is 0.0521. The van der Waals surface area contributed by atoms with Crippen molar-refractivity contribution in [2.24, 2.45) is 0 Å². The lowest BCUT2D eigenvalue weighted by molar-refractivity contribution is -0.133. The molecular weight excluding hydrogens is 456 g/mol. The summed E-state index contributed by atoms with van der Waals surface area (Å²) in [6.45, 7) is 6.51. The molecule has 0 saturated carbocycles. The third-order valence-corrected chi connectivity index (χ3v) is 7.21. The summed E-state index contributed by atoms with van der Waals surface area (Å²) >= 11 is 0. The standard InChI is InChI=1S/C24H32N4O5S/c1-18-4-9-22(19(2)16-18)34(31,32)25-11-10-24(30)27(3)17-23(29)26-20-5-7-21(8-6-20)28-12-14-33-15-13-28/h4-9,16,25H,10-15,17H2,1-3H3,(H,26,29). The minimum atomic E-state index is -3.72. The topological polar surface area (TPSA) is 108 Å². The van der Waals surface area contributed by atoms with Gasteiger partial charge in [-0.1, -0.05) is 17.7 Å². The van der Waals surface area contributed by atoms with Crippen molar-refractivity contribution in [3.05, 3.63) is 53.6 Å². The zero-order chi connectivity index (χ0) is 24.7. The number of likely N-dealkylation sites (N-methyl/N-ethyl adjacent to an activating group) is 1. The second-order valence-corrected chi connectivity index (χ2v) is 10.1. The van der Waals surface area contributed by atoms with E-state index in [1.165, 1.54) is 11.9 Å². The molecule has 1 fully saturated rings. The van der Waals surface area contributed by atoms with Crippen molar-refractivity contribution < 1.29 is 22.7 Å². The van der Waals surface area contributed by atoms with Gasteiger partial charge in [-0.25, -0.2) is 13.1 Å². The highest BCUT2D eigenvalue weighted by Crippen LogP contribution is 2.19. The van der Waals surface area contributed by atoms with Crippen LogP contribution in [0.1, 0.15) is 17.5 Å². The van der Waals surface area contributed by atoms with E-state index in [2.05, 4.69) is 14.9 Å². The summed E-state index contributed by atoms with van der Waals surface area (Å²) in [7, 11) is -2.20. The monoisotopic (exact) mass is 488 g/mol. The maximum Gasteiger partial charge on any atom is 0.243 e. The Bertz CT molecular complexity index is 1110. The largest absolute Gasteiger partial charge is 0.378 e. The van der Waals surface area contributed by atoms with Crippen LogP contribution in [0, 0.1) is 13.8 Å². The van der Waals surface area contributed by atoms with E-state index in [0.717, 1.165) is 24.3 Å². The number of carbonyl (C=O) groups is 2. The maximum atomic E-state index is 12.5. The molecule has 0 unspecified atom stereocenters. The molecular formula is C24H32N4O5S. The number of nitrogens with zero attached hydrogens (tertiary/aromatic N) is 2. The van der Waals surface area contributed by atoms with Gasteiger partial charge in [-0.05, 0) is 49.7 Å². The normalized spacial score (nSPS) is 14.0. The van der Waals surface area contributed by atoms with Gasteiger partial charge in [-0.2, -0.15) is 0 Å². The zero-order valence-electron chi connectivity index (χ0n) is 19.8. The Morgan fingerprint density at radius 3 is 2.38 bits per heavy atom. The van der Waals surface area contributed by atoms with Gasteiger partial charge in [-0.3, -0.25) is 9.59 Å². The number of morpholine rings is 1. The van der Waals surface area contributed by atoms with Crippen LogP contribution in [0.5, 0.6) is 0 Å². The van der Waals surface area contributed by atoms with Gasteiger partial charge in [0.15, 0.2) is 0 Å². The fraction of sp³-hybridized carbons (Fsp3) is 0.417. The van der Waals surface area contributed by atoms with Crippen LogP contribution in [-0.4, -0.2) is 71.6 Å². The summed E-state index contributed by atoms with van der Waals surface area (Å²) in [5.41, 5.74) is 3.33. The number of anilines is 2. The van der Waals surface area contributed by atoms with Crippen LogP contribution in [0.2, 0.25) is 0 Å². The zero-order valence-corrected chi connectivity index (χ0v) is 20.7. The lowest BCUT2D eigenvalue weighted by Gasteiger charge is -2.28. The Hall–Kier alpha value is -2.95. The lowest BCUT2D eigenvalue weighted by atomic mass is 10.2. The van der Waals surface area contributed by atoms with Crippen molar-refractivity contribution in [3.63, 3.8) is 0 Å². The summed E-state index contributed by atoms with van der Waals surface area (Å²) in [5, 5.41) is 2.78. The number of aryl methyl sites for hydroxylation is 2. The lowest BCUT2D eigenvalue weighted by Crippen LogP contribution is -2.37. The average molecular weight is 489 g/mol. The van der Waals surface area contributed by atoms with E-state index in [1.807, 2.05) is 31.2 Å². The van der Waals surface area contributed by atoms with Crippen molar-refractivity contribution >= 4 is 33.2 Å². The summed E-state index contributed by atoms with van der Waals surface area (Å²) in [6, 6.07) is 12.6. The second-order valence-electron chi connectivity index (χ2n) is 8.36. The minimum Gasteiger partial charge on any atom is -0.378 e. The number of carbonyl (C=O) groups excluding carboxylic acids is 2. The third kappa shape index (κ3) is 7.02. The van der Waals surface area contributed by atoms with Crippen LogP contribution in [0.25, 0.3) is 0 Å². The number of ether oxygens (including phenoxy) is 1. The molecule has 0 bridgehead atoms. The van der Waals surface area contributed by atoms with Crippen LogP contribution in [-0.2, 0) is 24.3 Å². The first-order chi connectivity index (χ1) is 16.2. The van der Waals surface area contributed by atoms with Crippen LogP contribution in [0.4, 0.5) is 11.4 Å². The van der Waals surface area contributed by atoms with Gasteiger partial charge in [0, 0.05) is 44.5 Å². The molecule has 2 aromatic carbocycles. The molecule has 1 aliphatic heterocycles. The molecule has 1 aliphatic rings. The van der Waals surface area contributed by atoms with Crippen molar-refractivity contribution in [2.45, 2.75) is 25.2 Å². The first-order valence-corrected chi connectivity index (χ1v) is 12.7. The summed E-state index contributed by atoms with van der Waals surface area (Å²) in [5.74, 6) is -0.660. The number of nitrogens with one attached hydrogen (secondary N) is 2. The Balaban J connectivity index is 1.44. The van der Waals surface area contributed by atoms with Gasteiger partial charge in [0.25, 0.3) is 0 Å². The average Bonchev–Trinajstić information content (AvgIpc) is 2.79. The molecule has 0 radical (unpaired) electrons. The fourth-order valence-corrected chi connectivity index (χ4v) is 5.00. The molecule has 0 atom stereocenters. The Labute approximate surface area is 201 Å². The van der Waals surface area contributed by atoms with E-state index >= 15 is 0 Å². The van der Waals surface area contributed by atoms with E-state index < -0.39 is 10.0 Å². The molecule has 0 aromatic heterocycles. The van der Waals surface area contributed by atoms with Crippen LogP contribution >= 0.6 is 0 Å². The van der Waals surface area contributed by atoms with Crippen molar-refractivity contribution in [1.82, 2.24) is 9.62 Å². The van der Waals surface area contributed by atoms with Gasteiger partial charge in [0.05, 0.1) is 24.7 Å². The van der Waals surface area contributed by atoms with Gasteiger partial charge in [0.2, 0.25) is 21.8 Å². The fourth-order valence-electron chi connectivity index (χ4n) is 3.74. The predicted molar refractivity (Wildman–Crippen MR) is 131 cm³/mol. The molecule has 1 saturated heterocycles. The predicted octanol–water partition coefficient (Wildman–Crippen LogP) is 1.91. The molecule has 34 heavy (non-hydrogen) atoms. The molecule has 184 valence electrons. The Morgan fingerprint density at radius 2 is 1.74 bits per heavy atom. The molecule has 1 heterocycles. The number of rotatable bonds is 9. The van der Waals surface area contributed by atoms with Gasteiger partial charge >= 0.3 is 0 Å². The molecule has 10 heteroatoms. The van der Waals surface area contributed by atoms with Gasteiger partial charge < -0.3 is 19.9 Å². The van der Waals surface area contributed by atoms with E-state index in [1.54, 1.807) is 25.1 Å². The molecule has 2 aromatic rings. The van der Waals surface area contributed by atoms with Crippen molar-refractivity contribution in [2.75, 3.05) is 56.7 Å². The number of hydrogen-bond acceptors (Lipinski definition) is 6. The van der Waals surface area contributed by atoms with Gasteiger partial charge in [-0.15, -0.1) is 0 Å². The van der Waals surface area contributed by atoms with Gasteiger partial charge in [0.1, 0.15) is 0 Å². The smallest absolute Gasteiger partial charge is 0.243 e. The first kappa shape index (κ1) is 25.7. The van der Waals surface area contributed by atoms with E-state index in [9.17, 15) is 18.0 Å². The first-order valence-electron chi connectivity index (χ1n) is 11.2. The summed E-state index contributed by atoms with van der Waals surface area (Å²) < 4.78 is 32.8. The van der Waals surface area contributed by atoms with Crippen molar-refractivity contribution in [3.8, 4) is 0 Å². The number of amides is 2. The molecule has 2 N–H and O–H groups in total. The SMILES string of the molecule is Cc1ccc(S(=O)(=O)NCCC(=O)N(C)CC(=O)Nc2ccc(N3CCOCC3)cc2)c(C)c1. The van der Waals surface area contributed by atoms with Crippen LogP contribution in [0.15, 0.2) is 47.4 Å². The number of benzene rings is 2. The van der Waals surface area contributed by atoms with Crippen LogP contribution in [0.3, 0.4) is 0 Å². The highest BCUT2D eigenvalue weighted by Gasteiger charge is 2.18. The molecule has 3 rings (SSSR count). The highest BCUT2D eigenvalue weighted by atomic mass is 32.2. The van der Waals surface area contributed by atoms with E-state index in [-0.39, 0.29) is 36.2 Å². The Morgan fingerprint density at radius 1 is 1.06 bits per heavy atom. The highest BCUT2D eigenvalue weighted by molar-refractivity contribution is 7.89. The number of hydrogen-bond donors (Lipinski definition) is 2. The van der Waals surface area contributed by atoms with E-state index in [0.29, 0.717) is 24.5 Å². The summed E-state index contributed by atoms with van der Waals surface area (Å²) in [6.07, 6.45) is -0.0534. The Kier molecular flexibility index (Phi) is 8.65. The molecule has 9 nitrogen and oxygen atoms in total. The third-order valence-electron chi connectivity index (χ3n) is 5.58. The van der Waals surface area contributed by atoms with E-state index in [4.69, 9.17) is 4.74 Å². The number of sulfonamides is 1. The molecule has 0 aliphatic carbocycles. The van der Waals surface area contributed by atoms with Crippen LogP contribution < -0.4 is 14.9 Å². The quantitative estimate of drug-likeness (QED) is 0.558. The molecule has 0 spiro atoms.